The second kappa shape index (κ2) is 6.53. The number of carbonyl (C=O) groups is 3. The Hall–Kier alpha value is -1.86. The van der Waals surface area contributed by atoms with Gasteiger partial charge in [0.05, 0.1) is 6.04 Å². The highest BCUT2D eigenvalue weighted by molar-refractivity contribution is 7.70. The summed E-state index contributed by atoms with van der Waals surface area (Å²) in [6.45, 7) is 0. The highest BCUT2D eigenvalue weighted by atomic mass is 31.2. The Labute approximate surface area is 114 Å². The Bertz CT molecular complexity index is 568. The summed E-state index contributed by atoms with van der Waals surface area (Å²) in [5, 5.41) is 1.32. The number of carbonyl (C=O) groups excluding carboxylic acids is 3. The minimum atomic E-state index is -5.11. The van der Waals surface area contributed by atoms with Gasteiger partial charge in [-0.1, -0.05) is 30.3 Å². The van der Waals surface area contributed by atoms with E-state index in [1.54, 1.807) is 30.3 Å². The average Bonchev–Trinajstić information content (AvgIpc) is 2.37. The number of nitrogens with one attached hydrogen (secondary N) is 1. The summed E-state index contributed by atoms with van der Waals surface area (Å²) in [6.07, 6.45) is 0.0667. The van der Waals surface area contributed by atoms with Gasteiger partial charge < -0.3 is 15.5 Å². The predicted molar refractivity (Wildman–Crippen MR) is 68.7 cm³/mol. The molecule has 1 atom stereocenters. The van der Waals surface area contributed by atoms with Crippen LogP contribution >= 0.6 is 7.60 Å². The second-order valence-electron chi connectivity index (χ2n) is 3.96. The molecule has 5 N–H and O–H groups in total. The molecule has 1 aromatic carbocycles. The number of Topliss-reactive ketones (excluding diaryl/α,β-unsaturated/α-hetero) is 1. The first kappa shape index (κ1) is 16.2. The van der Waals surface area contributed by atoms with Crippen molar-refractivity contribution < 1.29 is 28.7 Å². The monoisotopic (exact) mass is 300 g/mol. The summed E-state index contributed by atoms with van der Waals surface area (Å²) in [5.41, 5.74) is 4.40. The Morgan fingerprint density at radius 2 is 1.75 bits per heavy atom. The van der Waals surface area contributed by atoms with Crippen LogP contribution in [0.15, 0.2) is 30.3 Å². The minimum absolute atomic E-state index is 0.0667. The van der Waals surface area contributed by atoms with E-state index < -0.39 is 31.0 Å². The maximum Gasteiger partial charge on any atom is 0.413 e. The van der Waals surface area contributed by atoms with Crippen LogP contribution in [0.3, 0.4) is 0 Å². The number of nitrogens with two attached hydrogens (primary N) is 1. The van der Waals surface area contributed by atoms with Gasteiger partial charge in [0.1, 0.15) is 0 Å². The first-order chi connectivity index (χ1) is 9.21. The number of benzene rings is 1. The van der Waals surface area contributed by atoms with Gasteiger partial charge in [0.15, 0.2) is 0 Å². The maximum absolute atomic E-state index is 11.6. The van der Waals surface area contributed by atoms with Crippen molar-refractivity contribution in [2.45, 2.75) is 12.5 Å². The van der Waals surface area contributed by atoms with Gasteiger partial charge >= 0.3 is 13.2 Å². The molecule has 0 saturated carbocycles. The van der Waals surface area contributed by atoms with E-state index in [9.17, 15) is 18.9 Å². The fourth-order valence-electron chi connectivity index (χ4n) is 1.36. The van der Waals surface area contributed by atoms with Crippen LogP contribution in [0.25, 0.3) is 0 Å². The third-order valence-electron chi connectivity index (χ3n) is 2.34. The molecule has 0 bridgehead atoms. The van der Waals surface area contributed by atoms with Crippen LogP contribution in [0.2, 0.25) is 0 Å². The van der Waals surface area contributed by atoms with Crippen LogP contribution < -0.4 is 11.1 Å². The summed E-state index contributed by atoms with van der Waals surface area (Å²) < 4.78 is 10.5. The quantitative estimate of drug-likeness (QED) is 0.425. The largest absolute Gasteiger partial charge is 0.413 e. The Morgan fingerprint density at radius 3 is 2.25 bits per heavy atom. The van der Waals surface area contributed by atoms with E-state index in [4.69, 9.17) is 15.5 Å². The van der Waals surface area contributed by atoms with Gasteiger partial charge in [-0.3, -0.25) is 19.7 Å². The van der Waals surface area contributed by atoms with Gasteiger partial charge in [-0.15, -0.1) is 0 Å². The van der Waals surface area contributed by atoms with Crippen molar-refractivity contribution in [2.24, 2.45) is 5.73 Å². The molecule has 8 nitrogen and oxygen atoms in total. The van der Waals surface area contributed by atoms with Crippen molar-refractivity contribution in [3.63, 3.8) is 0 Å². The molecule has 0 aliphatic rings. The van der Waals surface area contributed by atoms with Crippen LogP contribution in [0, 0.1) is 0 Å². The molecule has 0 saturated heterocycles. The molecule has 0 unspecified atom stereocenters. The molecule has 0 aliphatic heterocycles. The molecular weight excluding hydrogens is 287 g/mol. The summed E-state index contributed by atoms with van der Waals surface area (Å²) in [4.78, 5) is 50.8. The SMILES string of the molecule is N[C@@H](Cc1ccccc1)C(=O)C(=O)NC(=O)P(=O)(O)O. The molecule has 0 aromatic heterocycles. The van der Waals surface area contributed by atoms with Crippen molar-refractivity contribution in [3.8, 4) is 0 Å². The molecule has 0 spiro atoms. The highest BCUT2D eigenvalue weighted by Gasteiger charge is 2.31. The highest BCUT2D eigenvalue weighted by Crippen LogP contribution is 2.34. The third-order valence-corrected chi connectivity index (χ3v) is 2.98. The smallest absolute Gasteiger partial charge is 0.321 e. The number of hydrogen-bond acceptors (Lipinski definition) is 5. The number of amides is 2. The Balaban J connectivity index is 2.63. The standard InChI is InChI=1S/C11H13N2O6P/c12-8(6-7-4-2-1-3-5-7)9(14)10(15)13-11(16)20(17,18)19/h1-5,8H,6,12H2,(H,13,15,16)(H2,17,18,19)/t8-/m0/s1. The van der Waals surface area contributed by atoms with Crippen molar-refractivity contribution in [3.05, 3.63) is 35.9 Å². The summed E-state index contributed by atoms with van der Waals surface area (Å²) in [7, 11) is -5.11. The molecule has 20 heavy (non-hydrogen) atoms. The van der Waals surface area contributed by atoms with Crippen LogP contribution in [0.4, 0.5) is 4.79 Å². The molecule has 0 radical (unpaired) electrons. The molecule has 0 fully saturated rings. The lowest BCUT2D eigenvalue weighted by Crippen LogP contribution is -2.45. The average molecular weight is 300 g/mol. The maximum atomic E-state index is 11.6. The van der Waals surface area contributed by atoms with Crippen molar-refractivity contribution >= 4 is 24.9 Å². The molecule has 0 heterocycles. The lowest BCUT2D eigenvalue weighted by Gasteiger charge is -2.10. The number of ketones is 1. The summed E-state index contributed by atoms with van der Waals surface area (Å²) in [5.74, 6) is -2.57. The van der Waals surface area contributed by atoms with E-state index in [1.807, 2.05) is 0 Å². The van der Waals surface area contributed by atoms with E-state index in [0.717, 1.165) is 0 Å². The van der Waals surface area contributed by atoms with Gasteiger partial charge in [-0.05, 0) is 12.0 Å². The van der Waals surface area contributed by atoms with Crippen LogP contribution in [-0.2, 0) is 20.6 Å². The van der Waals surface area contributed by atoms with Gasteiger partial charge in [0.2, 0.25) is 5.78 Å². The zero-order chi connectivity index (χ0) is 15.3. The fraction of sp³-hybridized carbons (Fsp3) is 0.182. The summed E-state index contributed by atoms with van der Waals surface area (Å²) >= 11 is 0. The zero-order valence-electron chi connectivity index (χ0n) is 10.2. The lowest BCUT2D eigenvalue weighted by molar-refractivity contribution is -0.137. The second-order valence-corrected chi connectivity index (χ2v) is 5.46. The van der Waals surface area contributed by atoms with Crippen molar-refractivity contribution in [2.75, 3.05) is 0 Å². The zero-order valence-corrected chi connectivity index (χ0v) is 11.1. The van der Waals surface area contributed by atoms with Crippen LogP contribution in [0.1, 0.15) is 5.56 Å². The first-order valence-electron chi connectivity index (χ1n) is 5.46. The Morgan fingerprint density at radius 1 is 1.20 bits per heavy atom. The topological polar surface area (TPSA) is 147 Å². The lowest BCUT2D eigenvalue weighted by atomic mass is 10.0. The third kappa shape index (κ3) is 4.67. The molecular formula is C11H13N2O6P. The number of hydrogen-bond donors (Lipinski definition) is 4. The van der Waals surface area contributed by atoms with E-state index in [2.05, 4.69) is 0 Å². The van der Waals surface area contributed by atoms with E-state index >= 15 is 0 Å². The van der Waals surface area contributed by atoms with Gasteiger partial charge in [0.25, 0.3) is 5.91 Å². The molecule has 9 heteroatoms. The van der Waals surface area contributed by atoms with Crippen molar-refractivity contribution in [1.29, 1.82) is 0 Å². The number of imide groups is 1. The van der Waals surface area contributed by atoms with E-state index in [-0.39, 0.29) is 6.42 Å². The van der Waals surface area contributed by atoms with Gasteiger partial charge in [0, 0.05) is 0 Å². The number of rotatable bonds is 5. The van der Waals surface area contributed by atoms with Gasteiger partial charge in [-0.2, -0.15) is 0 Å². The van der Waals surface area contributed by atoms with Crippen molar-refractivity contribution in [1.82, 2.24) is 5.32 Å². The fourth-order valence-corrected chi connectivity index (χ4v) is 1.61. The molecule has 1 rings (SSSR count). The molecule has 108 valence electrons. The van der Waals surface area contributed by atoms with Gasteiger partial charge in [-0.25, -0.2) is 4.57 Å². The molecule has 1 aromatic rings. The minimum Gasteiger partial charge on any atom is -0.321 e. The normalized spacial score (nSPS) is 12.6. The van der Waals surface area contributed by atoms with E-state index in [0.29, 0.717) is 5.56 Å². The molecule has 0 aliphatic carbocycles. The predicted octanol–water partition coefficient (Wildman–Crippen LogP) is -0.461. The Kier molecular flexibility index (Phi) is 5.29. The van der Waals surface area contributed by atoms with Crippen LogP contribution in [-0.4, -0.2) is 33.2 Å². The van der Waals surface area contributed by atoms with Crippen LogP contribution in [0.5, 0.6) is 0 Å². The molecule has 2 amide bonds. The first-order valence-corrected chi connectivity index (χ1v) is 7.08. The van der Waals surface area contributed by atoms with E-state index in [1.165, 1.54) is 5.32 Å². The summed E-state index contributed by atoms with van der Waals surface area (Å²) in [6, 6.07) is 7.41.